The van der Waals surface area contributed by atoms with Crippen molar-refractivity contribution in [3.05, 3.63) is 59.7 Å². The van der Waals surface area contributed by atoms with Gasteiger partial charge in [0.1, 0.15) is 29.2 Å². The standard InChI is InChI=1S/C24H25F2N7O4/c25-12-3-4-15(26)13(8-12)16-2-1-6-32(16)19-5-7-33-22(28-19)14(11-27-33)21-29-23(31-30-21)24(37)9-17(34)20(36)18(35)10-24/h3-5,7-8,11,16-18,20,34-37H,1-2,6,9-10H2,(H,29,30,31)/t16-,17-,18-,20-,24+/m1/s1. The zero-order chi connectivity index (χ0) is 25.9. The van der Waals surface area contributed by atoms with Crippen molar-refractivity contribution in [3.8, 4) is 11.4 Å². The molecule has 0 radical (unpaired) electrons. The van der Waals surface area contributed by atoms with Crippen molar-refractivity contribution in [1.29, 1.82) is 0 Å². The molecule has 6 rings (SSSR count). The van der Waals surface area contributed by atoms with E-state index in [2.05, 4.69) is 20.3 Å². The van der Waals surface area contributed by atoms with Gasteiger partial charge in [0.05, 0.1) is 30.0 Å². The second kappa shape index (κ2) is 8.80. The quantitative estimate of drug-likeness (QED) is 0.271. The van der Waals surface area contributed by atoms with Gasteiger partial charge in [0.2, 0.25) is 0 Å². The first-order valence-corrected chi connectivity index (χ1v) is 12.0. The molecule has 0 spiro atoms. The molecular formula is C24H25F2N7O4. The fourth-order valence-electron chi connectivity index (χ4n) is 5.38. The number of fused-ring (bicyclic) bond motifs is 1. The van der Waals surface area contributed by atoms with Gasteiger partial charge < -0.3 is 30.3 Å². The van der Waals surface area contributed by atoms with Crippen LogP contribution in [0.1, 0.15) is 43.1 Å². The van der Waals surface area contributed by atoms with Crippen LogP contribution in [0.15, 0.2) is 36.7 Å². The molecule has 1 aliphatic carbocycles. The number of benzene rings is 1. The van der Waals surface area contributed by atoms with Crippen LogP contribution in [0.2, 0.25) is 0 Å². The molecule has 1 aliphatic heterocycles. The van der Waals surface area contributed by atoms with Crippen molar-refractivity contribution >= 4 is 11.5 Å². The lowest BCUT2D eigenvalue weighted by Crippen LogP contribution is -2.51. The molecule has 5 N–H and O–H groups in total. The third kappa shape index (κ3) is 4.03. The Kier molecular flexibility index (Phi) is 5.67. The number of anilines is 1. The summed E-state index contributed by atoms with van der Waals surface area (Å²) < 4.78 is 30.0. The third-order valence-electron chi connectivity index (χ3n) is 7.28. The normalized spacial score (nSPS) is 28.3. The lowest BCUT2D eigenvalue weighted by Gasteiger charge is -2.38. The van der Waals surface area contributed by atoms with Crippen molar-refractivity contribution in [1.82, 2.24) is 29.8 Å². The number of aromatic amines is 1. The van der Waals surface area contributed by atoms with Crippen LogP contribution in [0, 0.1) is 11.6 Å². The van der Waals surface area contributed by atoms with Crippen molar-refractivity contribution in [2.45, 2.75) is 55.6 Å². The molecule has 3 atom stereocenters. The van der Waals surface area contributed by atoms with Gasteiger partial charge in [-0.2, -0.15) is 5.10 Å². The molecule has 1 saturated heterocycles. The molecule has 0 amide bonds. The number of aliphatic hydroxyl groups excluding tert-OH is 3. The van der Waals surface area contributed by atoms with Gasteiger partial charge >= 0.3 is 0 Å². The summed E-state index contributed by atoms with van der Waals surface area (Å²) in [6, 6.07) is 4.83. The molecule has 13 heteroatoms. The highest BCUT2D eigenvalue weighted by Gasteiger charge is 2.46. The smallest absolute Gasteiger partial charge is 0.168 e. The second-order valence-corrected chi connectivity index (χ2v) is 9.72. The number of nitrogens with one attached hydrogen (secondary N) is 1. The maximum atomic E-state index is 14.5. The van der Waals surface area contributed by atoms with Gasteiger partial charge in [-0.3, -0.25) is 0 Å². The van der Waals surface area contributed by atoms with E-state index in [4.69, 9.17) is 4.98 Å². The van der Waals surface area contributed by atoms with Gasteiger partial charge in [-0.15, -0.1) is 10.2 Å². The first-order chi connectivity index (χ1) is 17.7. The highest BCUT2D eigenvalue weighted by molar-refractivity contribution is 5.73. The fourth-order valence-corrected chi connectivity index (χ4v) is 5.38. The Morgan fingerprint density at radius 1 is 1.05 bits per heavy atom. The van der Waals surface area contributed by atoms with Crippen LogP contribution in [0.5, 0.6) is 0 Å². The average Bonchev–Trinajstić information content (AvgIpc) is 3.62. The van der Waals surface area contributed by atoms with E-state index in [1.165, 1.54) is 16.8 Å². The van der Waals surface area contributed by atoms with Gasteiger partial charge in [0.15, 0.2) is 17.3 Å². The number of hydrogen-bond acceptors (Lipinski definition) is 9. The van der Waals surface area contributed by atoms with Crippen molar-refractivity contribution in [2.24, 2.45) is 0 Å². The molecule has 3 aromatic heterocycles. The van der Waals surface area contributed by atoms with E-state index in [-0.39, 0.29) is 36.1 Å². The molecule has 2 aliphatic rings. The molecule has 1 saturated carbocycles. The van der Waals surface area contributed by atoms with E-state index in [1.807, 2.05) is 4.90 Å². The van der Waals surface area contributed by atoms with Crippen LogP contribution in [-0.4, -0.2) is 75.1 Å². The number of aromatic nitrogens is 6. The average molecular weight is 514 g/mol. The predicted octanol–water partition coefficient (Wildman–Crippen LogP) is 1.20. The maximum Gasteiger partial charge on any atom is 0.168 e. The van der Waals surface area contributed by atoms with Gasteiger partial charge in [-0.1, -0.05) is 0 Å². The molecule has 0 unspecified atom stereocenters. The highest BCUT2D eigenvalue weighted by Crippen LogP contribution is 2.38. The Bertz CT molecular complexity index is 1450. The van der Waals surface area contributed by atoms with E-state index in [0.29, 0.717) is 30.0 Å². The van der Waals surface area contributed by atoms with Gasteiger partial charge in [0.25, 0.3) is 0 Å². The Labute approximate surface area is 209 Å². The minimum Gasteiger partial charge on any atom is -0.390 e. The summed E-state index contributed by atoms with van der Waals surface area (Å²) in [5.41, 5.74) is -0.531. The number of H-pyrrole nitrogens is 1. The number of aliphatic hydroxyl groups is 4. The van der Waals surface area contributed by atoms with Crippen LogP contribution in [0.4, 0.5) is 14.6 Å². The first kappa shape index (κ1) is 23.9. The van der Waals surface area contributed by atoms with Crippen LogP contribution >= 0.6 is 0 Å². The molecule has 0 bridgehead atoms. The fraction of sp³-hybridized carbons (Fsp3) is 0.417. The van der Waals surface area contributed by atoms with Gasteiger partial charge in [0, 0.05) is 31.1 Å². The van der Waals surface area contributed by atoms with E-state index < -0.39 is 35.5 Å². The summed E-state index contributed by atoms with van der Waals surface area (Å²) in [7, 11) is 0. The molecule has 11 nitrogen and oxygen atoms in total. The Morgan fingerprint density at radius 3 is 2.62 bits per heavy atom. The van der Waals surface area contributed by atoms with Crippen LogP contribution in [-0.2, 0) is 5.60 Å². The predicted molar refractivity (Wildman–Crippen MR) is 125 cm³/mol. The number of rotatable bonds is 4. The van der Waals surface area contributed by atoms with Crippen molar-refractivity contribution in [2.75, 3.05) is 11.4 Å². The number of hydrogen-bond donors (Lipinski definition) is 5. The number of halogens is 2. The summed E-state index contributed by atoms with van der Waals surface area (Å²) in [5, 5.41) is 53.4. The van der Waals surface area contributed by atoms with Crippen LogP contribution in [0.25, 0.3) is 17.0 Å². The van der Waals surface area contributed by atoms with Crippen LogP contribution in [0.3, 0.4) is 0 Å². The first-order valence-electron chi connectivity index (χ1n) is 12.0. The Balaban J connectivity index is 1.33. The van der Waals surface area contributed by atoms with Crippen molar-refractivity contribution in [3.63, 3.8) is 0 Å². The third-order valence-corrected chi connectivity index (χ3v) is 7.28. The second-order valence-electron chi connectivity index (χ2n) is 9.72. The summed E-state index contributed by atoms with van der Waals surface area (Å²) >= 11 is 0. The Hall–Kier alpha value is -3.52. The largest absolute Gasteiger partial charge is 0.390 e. The molecule has 194 valence electrons. The Morgan fingerprint density at radius 2 is 1.84 bits per heavy atom. The van der Waals surface area contributed by atoms with Crippen molar-refractivity contribution < 1.29 is 29.2 Å². The highest BCUT2D eigenvalue weighted by atomic mass is 19.1. The molecule has 4 aromatic rings. The monoisotopic (exact) mass is 513 g/mol. The summed E-state index contributed by atoms with van der Waals surface area (Å²) in [4.78, 5) is 9.61. The molecule has 4 heterocycles. The minimum atomic E-state index is -1.72. The lowest BCUT2D eigenvalue weighted by molar-refractivity contribution is -0.160. The lowest BCUT2D eigenvalue weighted by atomic mass is 9.79. The molecule has 37 heavy (non-hydrogen) atoms. The molecular weight excluding hydrogens is 488 g/mol. The van der Waals surface area contributed by atoms with E-state index in [1.54, 1.807) is 12.3 Å². The SMILES string of the molecule is O[C@@H]1C[C@](O)(c2nnc(-c3cnn4ccc(N5CCC[C@@H]5c5cc(F)ccc5F)nc34)[nH]2)C[C@@H](O)[C@H]1O. The zero-order valence-electron chi connectivity index (χ0n) is 19.5. The van der Waals surface area contributed by atoms with Gasteiger partial charge in [-0.05, 0) is 37.1 Å². The molecule has 1 aromatic carbocycles. The topological polar surface area (TPSA) is 156 Å². The van der Waals surface area contributed by atoms with E-state index >= 15 is 0 Å². The summed E-state index contributed by atoms with van der Waals surface area (Å²) in [6.45, 7) is 0.614. The molecule has 2 fully saturated rings. The van der Waals surface area contributed by atoms with E-state index in [0.717, 1.165) is 18.6 Å². The number of nitrogens with zero attached hydrogens (tertiary/aromatic N) is 6. The summed E-state index contributed by atoms with van der Waals surface area (Å²) in [5.74, 6) is -0.121. The summed E-state index contributed by atoms with van der Waals surface area (Å²) in [6.07, 6.45) is 0.181. The van der Waals surface area contributed by atoms with E-state index in [9.17, 15) is 29.2 Å². The van der Waals surface area contributed by atoms with Gasteiger partial charge in [-0.25, -0.2) is 18.3 Å². The zero-order valence-corrected chi connectivity index (χ0v) is 19.5. The minimum absolute atomic E-state index is 0.0317. The van der Waals surface area contributed by atoms with Crippen LogP contribution < -0.4 is 4.90 Å². The maximum absolute atomic E-state index is 14.5.